The minimum atomic E-state index is 0.428. The average Bonchev–Trinajstić information content (AvgIpc) is 2.26. The van der Waals surface area contributed by atoms with Gasteiger partial charge in [0.15, 0.2) is 0 Å². The maximum atomic E-state index is 3.87. The monoisotopic (exact) mass is 203 g/mol. The zero-order valence-corrected chi connectivity index (χ0v) is 10.0. The molecule has 0 saturated carbocycles. The Bertz CT molecular complexity index is 298. The van der Waals surface area contributed by atoms with Crippen molar-refractivity contribution in [2.75, 3.05) is 14.1 Å². The van der Waals surface area contributed by atoms with E-state index in [0.717, 1.165) is 12.8 Å². The second-order valence-corrected chi connectivity index (χ2v) is 4.14. The summed E-state index contributed by atoms with van der Waals surface area (Å²) in [6, 6.07) is 9.30. The quantitative estimate of drug-likeness (QED) is 0.665. The third kappa shape index (κ3) is 3.52. The van der Waals surface area contributed by atoms with Gasteiger partial charge in [0.05, 0.1) is 0 Å². The van der Waals surface area contributed by atoms with Crippen molar-refractivity contribution in [2.24, 2.45) is 0 Å². The molecule has 82 valence electrons. The molecule has 0 aliphatic carbocycles. The molecule has 0 heterocycles. The summed E-state index contributed by atoms with van der Waals surface area (Å²) in [6.07, 6.45) is 4.16. The topological polar surface area (TPSA) is 3.24 Å². The molecule has 1 unspecified atom stereocenters. The third-order valence-corrected chi connectivity index (χ3v) is 2.81. The number of aryl methyl sites for hydroxylation is 1. The molecule has 0 amide bonds. The van der Waals surface area contributed by atoms with Gasteiger partial charge >= 0.3 is 0 Å². The van der Waals surface area contributed by atoms with Gasteiger partial charge in [-0.1, -0.05) is 37.3 Å². The molecule has 1 aromatic carbocycles. The predicted octanol–water partition coefficient (Wildman–Crippen LogP) is 2.91. The summed E-state index contributed by atoms with van der Waals surface area (Å²) < 4.78 is 0. The van der Waals surface area contributed by atoms with Gasteiger partial charge in [-0.05, 0) is 38.1 Å². The van der Waals surface area contributed by atoms with Crippen LogP contribution in [0.15, 0.2) is 36.9 Å². The van der Waals surface area contributed by atoms with Crippen LogP contribution >= 0.6 is 0 Å². The van der Waals surface area contributed by atoms with Gasteiger partial charge < -0.3 is 4.90 Å². The number of nitrogens with zero attached hydrogens (tertiary/aromatic N) is 1. The van der Waals surface area contributed by atoms with Crippen LogP contribution in [0.25, 0.3) is 0 Å². The summed E-state index contributed by atoms with van der Waals surface area (Å²) in [5.41, 5.74) is 2.78. The average molecular weight is 203 g/mol. The molecular formula is C14H21N. The van der Waals surface area contributed by atoms with Gasteiger partial charge in [0.25, 0.3) is 0 Å². The van der Waals surface area contributed by atoms with Crippen molar-refractivity contribution < 1.29 is 0 Å². The van der Waals surface area contributed by atoms with Gasteiger partial charge in [0, 0.05) is 6.04 Å². The van der Waals surface area contributed by atoms with Crippen molar-refractivity contribution in [3.05, 3.63) is 48.0 Å². The van der Waals surface area contributed by atoms with Crippen LogP contribution in [0.4, 0.5) is 0 Å². The van der Waals surface area contributed by atoms with Gasteiger partial charge in [-0.3, -0.25) is 0 Å². The summed E-state index contributed by atoms with van der Waals surface area (Å²) in [4.78, 5) is 2.20. The second-order valence-electron chi connectivity index (χ2n) is 4.14. The minimum absolute atomic E-state index is 0.428. The van der Waals surface area contributed by atoms with Crippen LogP contribution in [0.1, 0.15) is 18.1 Å². The number of hydrogen-bond donors (Lipinski definition) is 0. The third-order valence-electron chi connectivity index (χ3n) is 2.81. The van der Waals surface area contributed by atoms with Crippen molar-refractivity contribution in [3.63, 3.8) is 0 Å². The van der Waals surface area contributed by atoms with Crippen molar-refractivity contribution in [1.82, 2.24) is 4.90 Å². The fraction of sp³-hybridized carbons (Fsp3) is 0.429. The Morgan fingerprint density at radius 3 is 2.13 bits per heavy atom. The molecule has 1 rings (SSSR count). The lowest BCUT2D eigenvalue weighted by Gasteiger charge is -2.20. The van der Waals surface area contributed by atoms with Crippen molar-refractivity contribution in [2.45, 2.75) is 25.8 Å². The zero-order valence-electron chi connectivity index (χ0n) is 10.0. The molecule has 0 saturated heterocycles. The molecule has 1 heteroatoms. The SMILES string of the molecule is C=CC(Cc1ccc(CC)cc1)N(C)C. The van der Waals surface area contributed by atoms with Crippen molar-refractivity contribution in [1.29, 1.82) is 0 Å². The van der Waals surface area contributed by atoms with E-state index in [4.69, 9.17) is 0 Å². The lowest BCUT2D eigenvalue weighted by Crippen LogP contribution is -2.27. The van der Waals surface area contributed by atoms with Crippen molar-refractivity contribution >= 4 is 0 Å². The molecule has 0 spiro atoms. The van der Waals surface area contributed by atoms with E-state index < -0.39 is 0 Å². The summed E-state index contributed by atoms with van der Waals surface area (Å²) >= 11 is 0. The highest BCUT2D eigenvalue weighted by molar-refractivity contribution is 5.23. The van der Waals surface area contributed by atoms with Crippen LogP contribution in [0.3, 0.4) is 0 Å². The second kappa shape index (κ2) is 5.72. The number of likely N-dealkylation sites (N-methyl/N-ethyl adjacent to an activating group) is 1. The summed E-state index contributed by atoms with van der Waals surface area (Å²) in [7, 11) is 4.18. The molecule has 1 atom stereocenters. The van der Waals surface area contributed by atoms with Gasteiger partial charge in [-0.25, -0.2) is 0 Å². The van der Waals surface area contributed by atoms with Crippen LogP contribution in [0.5, 0.6) is 0 Å². The standard InChI is InChI=1S/C14H21N/c1-5-12-7-9-13(10-8-12)11-14(6-2)15(3)4/h6-10,14H,2,5,11H2,1,3-4H3. The predicted molar refractivity (Wildman–Crippen MR) is 67.2 cm³/mol. The van der Waals surface area contributed by atoms with Gasteiger partial charge in [0.2, 0.25) is 0 Å². The molecule has 0 bridgehead atoms. The van der Waals surface area contributed by atoms with Crippen LogP contribution < -0.4 is 0 Å². The molecule has 1 aromatic rings. The van der Waals surface area contributed by atoms with Crippen molar-refractivity contribution in [3.8, 4) is 0 Å². The Hall–Kier alpha value is -1.08. The summed E-state index contributed by atoms with van der Waals surface area (Å²) in [5, 5.41) is 0. The molecule has 0 aromatic heterocycles. The highest BCUT2D eigenvalue weighted by Crippen LogP contribution is 2.10. The molecule has 0 N–H and O–H groups in total. The normalized spacial score (nSPS) is 12.8. The molecule has 0 aliphatic rings. The van der Waals surface area contributed by atoms with Gasteiger partial charge in [-0.2, -0.15) is 0 Å². The first-order valence-corrected chi connectivity index (χ1v) is 5.54. The largest absolute Gasteiger partial charge is 0.303 e. The van der Waals surface area contributed by atoms with Crippen LogP contribution in [-0.2, 0) is 12.8 Å². The van der Waals surface area contributed by atoms with E-state index >= 15 is 0 Å². The lowest BCUT2D eigenvalue weighted by molar-refractivity contribution is 0.342. The fourth-order valence-corrected chi connectivity index (χ4v) is 1.63. The summed E-state index contributed by atoms with van der Waals surface area (Å²) in [5.74, 6) is 0. The molecular weight excluding hydrogens is 182 g/mol. The van der Waals surface area contributed by atoms with E-state index in [0.29, 0.717) is 6.04 Å². The Labute approximate surface area is 93.4 Å². The Morgan fingerprint density at radius 2 is 1.73 bits per heavy atom. The maximum Gasteiger partial charge on any atom is 0.0309 e. The number of benzene rings is 1. The minimum Gasteiger partial charge on any atom is -0.303 e. The smallest absolute Gasteiger partial charge is 0.0309 e. The summed E-state index contributed by atoms with van der Waals surface area (Å²) in [6.45, 7) is 6.05. The number of rotatable bonds is 5. The van der Waals surface area contributed by atoms with E-state index in [2.05, 4.69) is 56.8 Å². The first kappa shape index (κ1) is 12.0. The Kier molecular flexibility index (Phi) is 4.57. The van der Waals surface area contributed by atoms with E-state index in [1.165, 1.54) is 11.1 Å². The Balaban J connectivity index is 2.67. The zero-order chi connectivity index (χ0) is 11.3. The van der Waals surface area contributed by atoms with E-state index in [1.807, 2.05) is 6.08 Å². The van der Waals surface area contributed by atoms with E-state index in [-0.39, 0.29) is 0 Å². The molecule has 0 fully saturated rings. The Morgan fingerprint density at radius 1 is 1.20 bits per heavy atom. The first-order valence-electron chi connectivity index (χ1n) is 5.54. The lowest BCUT2D eigenvalue weighted by atomic mass is 10.0. The number of hydrogen-bond acceptors (Lipinski definition) is 1. The highest BCUT2D eigenvalue weighted by Gasteiger charge is 2.07. The fourth-order valence-electron chi connectivity index (χ4n) is 1.63. The van der Waals surface area contributed by atoms with E-state index in [9.17, 15) is 0 Å². The maximum absolute atomic E-state index is 3.87. The molecule has 0 radical (unpaired) electrons. The molecule has 0 aliphatic heterocycles. The van der Waals surface area contributed by atoms with Crippen LogP contribution in [-0.4, -0.2) is 25.0 Å². The first-order chi connectivity index (χ1) is 7.17. The molecule has 1 nitrogen and oxygen atoms in total. The molecule has 15 heavy (non-hydrogen) atoms. The van der Waals surface area contributed by atoms with Crippen LogP contribution in [0, 0.1) is 0 Å². The van der Waals surface area contributed by atoms with Gasteiger partial charge in [0.1, 0.15) is 0 Å². The highest BCUT2D eigenvalue weighted by atomic mass is 15.1. The van der Waals surface area contributed by atoms with Crippen LogP contribution in [0.2, 0.25) is 0 Å². The van der Waals surface area contributed by atoms with Gasteiger partial charge in [-0.15, -0.1) is 6.58 Å². The van der Waals surface area contributed by atoms with E-state index in [1.54, 1.807) is 0 Å².